The third kappa shape index (κ3) is 8.25. The van der Waals surface area contributed by atoms with Crippen molar-refractivity contribution in [1.29, 1.82) is 15.8 Å². The molecule has 3 heterocycles. The number of nitrogens with zero attached hydrogens (tertiary/aromatic N) is 8. The largest absolute Gasteiger partial charge is 0.309 e. The summed E-state index contributed by atoms with van der Waals surface area (Å²) in [5.74, 6) is 1.42. The van der Waals surface area contributed by atoms with Crippen LogP contribution >= 0.6 is 0 Å². The molecule has 1 aromatic heterocycles. The lowest BCUT2D eigenvalue weighted by molar-refractivity contribution is 0.632. The van der Waals surface area contributed by atoms with Gasteiger partial charge in [0.05, 0.1) is 69.0 Å². The third-order valence-electron chi connectivity index (χ3n) is 16.0. The summed E-state index contributed by atoms with van der Waals surface area (Å²) < 4.78 is 0. The maximum absolute atomic E-state index is 9.78. The van der Waals surface area contributed by atoms with Crippen molar-refractivity contribution >= 4 is 34.1 Å². The molecule has 2 aliphatic rings. The lowest BCUT2D eigenvalue weighted by atomic mass is 9.73. The SMILES string of the molecule is CC1(C)c2ccccc2N(c2cc(-c3ccc(C#N)cc3)ccc2-c2nc(-c3ccc(-c4cccc(C#N)c4)cc3)nc(-c3ccc(-c4ccc(C#N)cc4)cc3N3c4ccccc4C(C)(C)c4ccccc43)n2)c2ccccc21. The van der Waals surface area contributed by atoms with E-state index in [1.54, 1.807) is 0 Å². The average molecular weight is 1030 g/mol. The van der Waals surface area contributed by atoms with Crippen LogP contribution < -0.4 is 9.80 Å². The number of anilines is 6. The number of aromatic nitrogens is 3. The molecule has 0 atom stereocenters. The molecule has 8 nitrogen and oxygen atoms in total. The van der Waals surface area contributed by atoms with E-state index in [0.717, 1.165) is 84.2 Å². The Balaban J connectivity index is 1.09. The Hall–Kier alpha value is -10.7. The fourth-order valence-corrected chi connectivity index (χ4v) is 11.8. The van der Waals surface area contributed by atoms with Crippen LogP contribution in [0, 0.1) is 34.0 Å². The van der Waals surface area contributed by atoms with Gasteiger partial charge in [0.25, 0.3) is 0 Å². The van der Waals surface area contributed by atoms with Crippen LogP contribution in [-0.2, 0) is 10.8 Å². The second-order valence-electron chi connectivity index (χ2n) is 21.4. The van der Waals surface area contributed by atoms with Gasteiger partial charge in [-0.3, -0.25) is 0 Å². The van der Waals surface area contributed by atoms with Crippen LogP contribution in [0.2, 0.25) is 0 Å². The van der Waals surface area contributed by atoms with Crippen molar-refractivity contribution in [2.75, 3.05) is 9.80 Å². The van der Waals surface area contributed by atoms with E-state index in [1.807, 2.05) is 84.9 Å². The molecular formula is C72H50N8. The number of para-hydroxylation sites is 4. The van der Waals surface area contributed by atoms with Crippen LogP contribution in [0.5, 0.6) is 0 Å². The molecule has 0 fully saturated rings. The minimum Gasteiger partial charge on any atom is -0.309 e. The van der Waals surface area contributed by atoms with Crippen LogP contribution in [0.15, 0.2) is 231 Å². The highest BCUT2D eigenvalue weighted by Gasteiger charge is 2.39. The van der Waals surface area contributed by atoms with Crippen LogP contribution in [0.4, 0.5) is 34.1 Å². The van der Waals surface area contributed by atoms with Gasteiger partial charge in [0.15, 0.2) is 17.5 Å². The molecule has 0 aliphatic carbocycles. The average Bonchev–Trinajstić information content (AvgIpc) is 3.69. The molecular weight excluding hydrogens is 977 g/mol. The van der Waals surface area contributed by atoms with E-state index in [1.165, 1.54) is 22.3 Å². The molecule has 0 radical (unpaired) electrons. The highest BCUT2D eigenvalue weighted by atomic mass is 15.2. The van der Waals surface area contributed by atoms with Crippen molar-refractivity contribution in [3.8, 4) is 85.8 Å². The lowest BCUT2D eigenvalue weighted by Gasteiger charge is -2.42. The predicted molar refractivity (Wildman–Crippen MR) is 320 cm³/mol. The summed E-state index contributed by atoms with van der Waals surface area (Å²) in [6.45, 7) is 9.15. The lowest BCUT2D eigenvalue weighted by Crippen LogP contribution is -2.30. The van der Waals surface area contributed by atoms with Crippen molar-refractivity contribution in [1.82, 2.24) is 15.0 Å². The predicted octanol–water partition coefficient (Wildman–Crippen LogP) is 17.7. The van der Waals surface area contributed by atoms with E-state index in [-0.39, 0.29) is 10.8 Å². The molecule has 0 spiro atoms. The number of nitriles is 3. The zero-order valence-corrected chi connectivity index (χ0v) is 44.5. The van der Waals surface area contributed by atoms with Gasteiger partial charge in [-0.2, -0.15) is 15.8 Å². The minimum absolute atomic E-state index is 0.314. The molecule has 378 valence electrons. The summed E-state index contributed by atoms with van der Waals surface area (Å²) in [6, 6.07) is 85.5. The van der Waals surface area contributed by atoms with E-state index in [2.05, 4.69) is 201 Å². The van der Waals surface area contributed by atoms with Gasteiger partial charge >= 0.3 is 0 Å². The van der Waals surface area contributed by atoms with Crippen molar-refractivity contribution < 1.29 is 0 Å². The topological polar surface area (TPSA) is 117 Å². The van der Waals surface area contributed by atoms with E-state index in [4.69, 9.17) is 15.0 Å². The minimum atomic E-state index is -0.314. The summed E-state index contributed by atoms with van der Waals surface area (Å²) in [6.07, 6.45) is 0. The van der Waals surface area contributed by atoms with E-state index in [0.29, 0.717) is 34.2 Å². The maximum atomic E-state index is 9.78. The van der Waals surface area contributed by atoms with Crippen LogP contribution in [0.1, 0.15) is 66.6 Å². The van der Waals surface area contributed by atoms with Crippen LogP contribution in [0.3, 0.4) is 0 Å². The van der Waals surface area contributed by atoms with E-state index < -0.39 is 0 Å². The first-order valence-corrected chi connectivity index (χ1v) is 26.7. The third-order valence-corrected chi connectivity index (χ3v) is 16.0. The Kier molecular flexibility index (Phi) is 11.8. The Morgan fingerprint density at radius 2 is 0.613 bits per heavy atom. The molecule has 0 saturated carbocycles. The van der Waals surface area contributed by atoms with Crippen molar-refractivity contribution in [2.24, 2.45) is 0 Å². The summed E-state index contributed by atoms with van der Waals surface area (Å²) in [5.41, 5.74) is 19.9. The van der Waals surface area contributed by atoms with E-state index >= 15 is 0 Å². The van der Waals surface area contributed by atoms with Crippen molar-refractivity contribution in [2.45, 2.75) is 38.5 Å². The number of fused-ring (bicyclic) bond motifs is 4. The molecule has 8 heteroatoms. The Morgan fingerprint density at radius 1 is 0.287 bits per heavy atom. The molecule has 80 heavy (non-hydrogen) atoms. The molecule has 13 rings (SSSR count). The number of rotatable bonds is 8. The normalized spacial score (nSPS) is 13.4. The highest BCUT2D eigenvalue weighted by Crippen LogP contribution is 2.56. The zero-order valence-electron chi connectivity index (χ0n) is 44.5. The summed E-state index contributed by atoms with van der Waals surface area (Å²) in [7, 11) is 0. The Bertz CT molecular complexity index is 4070. The molecule has 11 aromatic rings. The van der Waals surface area contributed by atoms with Gasteiger partial charge in [-0.25, -0.2) is 15.0 Å². The summed E-state index contributed by atoms with van der Waals surface area (Å²) in [5, 5.41) is 29.3. The Labute approximate surface area is 466 Å². The van der Waals surface area contributed by atoms with E-state index in [9.17, 15) is 15.8 Å². The first-order valence-electron chi connectivity index (χ1n) is 26.7. The molecule has 0 N–H and O–H groups in total. The molecule has 2 aliphatic heterocycles. The zero-order chi connectivity index (χ0) is 54.7. The number of benzene rings is 10. The van der Waals surface area contributed by atoms with Gasteiger partial charge in [-0.15, -0.1) is 0 Å². The van der Waals surface area contributed by atoms with Gasteiger partial charge in [0, 0.05) is 27.5 Å². The highest BCUT2D eigenvalue weighted by molar-refractivity contribution is 5.96. The molecule has 10 aromatic carbocycles. The first-order chi connectivity index (χ1) is 39.0. The monoisotopic (exact) mass is 1030 g/mol. The van der Waals surface area contributed by atoms with Gasteiger partial charge in [0.2, 0.25) is 0 Å². The van der Waals surface area contributed by atoms with Crippen LogP contribution in [-0.4, -0.2) is 15.0 Å². The number of hydrogen-bond acceptors (Lipinski definition) is 8. The van der Waals surface area contributed by atoms with Crippen LogP contribution in [0.25, 0.3) is 67.5 Å². The first kappa shape index (κ1) is 48.9. The van der Waals surface area contributed by atoms with Crippen molar-refractivity contribution in [3.63, 3.8) is 0 Å². The van der Waals surface area contributed by atoms with Gasteiger partial charge in [0.1, 0.15) is 0 Å². The molecule has 0 saturated heterocycles. The second kappa shape index (κ2) is 19.4. The standard InChI is InChI=1S/C72H50N8/c1-71(2)58-16-5-9-20-62(58)79(63-21-10-6-17-59(63)71)66-41-54(49-28-24-46(43-73)25-29-49)36-38-56(66)69-76-68(52-34-32-51(33-35-52)53-15-13-14-48(40-53)45-75)77-70(78-69)57-39-37-55(50-30-26-47(44-74)27-31-50)42-67(57)80-64-22-11-7-18-60(64)72(3,4)61-19-8-12-23-65(61)80/h5-42H,1-4H3. The van der Waals surface area contributed by atoms with Crippen molar-refractivity contribution in [3.05, 3.63) is 269 Å². The number of hydrogen-bond donors (Lipinski definition) is 0. The fraction of sp³-hybridized carbons (Fsp3) is 0.0833. The second-order valence-corrected chi connectivity index (χ2v) is 21.4. The molecule has 0 bridgehead atoms. The van der Waals surface area contributed by atoms with Gasteiger partial charge in [-0.05, 0) is 141 Å². The molecule has 0 amide bonds. The van der Waals surface area contributed by atoms with Gasteiger partial charge < -0.3 is 9.80 Å². The maximum Gasteiger partial charge on any atom is 0.166 e. The molecule has 0 unspecified atom stereocenters. The fourth-order valence-electron chi connectivity index (χ4n) is 11.8. The quantitative estimate of drug-likeness (QED) is 0.148. The summed E-state index contributed by atoms with van der Waals surface area (Å²) >= 11 is 0. The summed E-state index contributed by atoms with van der Waals surface area (Å²) in [4.78, 5) is 21.3. The van der Waals surface area contributed by atoms with Gasteiger partial charge in [-0.1, -0.05) is 173 Å². The Morgan fingerprint density at radius 3 is 1.00 bits per heavy atom. The smallest absolute Gasteiger partial charge is 0.166 e.